The second kappa shape index (κ2) is 13.1. The summed E-state index contributed by atoms with van der Waals surface area (Å²) in [7, 11) is 0. The van der Waals surface area contributed by atoms with E-state index in [0.29, 0.717) is 6.54 Å². The van der Waals surface area contributed by atoms with Crippen LogP contribution in [0.4, 0.5) is 0 Å². The second-order valence-corrected chi connectivity index (χ2v) is 11.6. The lowest BCUT2D eigenvalue weighted by molar-refractivity contribution is -0.143. The zero-order valence-corrected chi connectivity index (χ0v) is 23.0. The molecule has 37 heavy (non-hydrogen) atoms. The summed E-state index contributed by atoms with van der Waals surface area (Å²) in [6.07, 6.45) is 13.3. The first kappa shape index (κ1) is 27.9. The summed E-state index contributed by atoms with van der Waals surface area (Å²) in [6, 6.07) is 7.27. The number of hydrogen-bond acceptors (Lipinski definition) is 5. The van der Waals surface area contributed by atoms with Crippen LogP contribution in [0.2, 0.25) is 0 Å². The average Bonchev–Trinajstić information content (AvgIpc) is 3.57. The third kappa shape index (κ3) is 7.68. The monoisotopic (exact) mass is 510 g/mol. The van der Waals surface area contributed by atoms with Gasteiger partial charge in [0.2, 0.25) is 0 Å². The van der Waals surface area contributed by atoms with Crippen LogP contribution < -0.4 is 5.32 Å². The van der Waals surface area contributed by atoms with Crippen molar-refractivity contribution in [3.05, 3.63) is 58.8 Å². The molecule has 204 valence electrons. The fourth-order valence-corrected chi connectivity index (χ4v) is 5.89. The van der Waals surface area contributed by atoms with Gasteiger partial charge in [0, 0.05) is 38.5 Å². The molecule has 1 aromatic rings. The summed E-state index contributed by atoms with van der Waals surface area (Å²) in [5.74, 6) is -0.795. The number of nitrogens with zero attached hydrogens (tertiary/aromatic N) is 1. The van der Waals surface area contributed by atoms with E-state index in [0.717, 1.165) is 76.0 Å². The van der Waals surface area contributed by atoms with E-state index in [9.17, 15) is 9.90 Å². The quantitative estimate of drug-likeness (QED) is 0.328. The van der Waals surface area contributed by atoms with Crippen LogP contribution in [0.25, 0.3) is 0 Å². The van der Waals surface area contributed by atoms with Crippen LogP contribution in [0.1, 0.15) is 95.4 Å². The highest BCUT2D eigenvalue weighted by atomic mass is 16.5. The first-order chi connectivity index (χ1) is 17.8. The number of likely N-dealkylation sites (tertiary alicyclic amines) is 1. The number of ether oxygens (including phenoxy) is 2. The molecule has 0 amide bonds. The number of nitrogens with one attached hydrogen (secondary N) is 1. The highest BCUT2D eigenvalue weighted by molar-refractivity contribution is 5.76. The van der Waals surface area contributed by atoms with E-state index in [4.69, 9.17) is 9.47 Å². The minimum Gasteiger partial charge on any atom is -0.480 e. The number of hydrogen-bond donors (Lipinski definition) is 2. The van der Waals surface area contributed by atoms with Crippen LogP contribution in [0, 0.1) is 5.41 Å². The van der Waals surface area contributed by atoms with E-state index >= 15 is 0 Å². The fraction of sp³-hybridized carbons (Fsp3) is 0.645. The van der Waals surface area contributed by atoms with E-state index in [1.165, 1.54) is 24.1 Å². The van der Waals surface area contributed by atoms with Crippen LogP contribution in [0.15, 0.2) is 47.7 Å². The molecule has 0 saturated carbocycles. The van der Waals surface area contributed by atoms with Gasteiger partial charge in [0.1, 0.15) is 6.04 Å². The predicted molar refractivity (Wildman–Crippen MR) is 147 cm³/mol. The zero-order valence-electron chi connectivity index (χ0n) is 23.0. The third-order valence-electron chi connectivity index (χ3n) is 8.14. The summed E-state index contributed by atoms with van der Waals surface area (Å²) >= 11 is 0. The lowest BCUT2D eigenvalue weighted by Gasteiger charge is -2.27. The number of rotatable bonds is 12. The highest BCUT2D eigenvalue weighted by Gasteiger charge is 2.36. The predicted octanol–water partition coefficient (Wildman–Crippen LogP) is 6.16. The summed E-state index contributed by atoms with van der Waals surface area (Å²) in [4.78, 5) is 14.5. The van der Waals surface area contributed by atoms with Gasteiger partial charge in [-0.2, -0.15) is 0 Å². The second-order valence-electron chi connectivity index (χ2n) is 11.6. The van der Waals surface area contributed by atoms with Crippen molar-refractivity contribution >= 4 is 5.97 Å². The molecule has 0 aromatic heterocycles. The fourth-order valence-electron chi connectivity index (χ4n) is 5.89. The number of aliphatic carboxylic acids is 1. The maximum atomic E-state index is 12.4. The van der Waals surface area contributed by atoms with Gasteiger partial charge in [-0.15, -0.1) is 0 Å². The Balaban J connectivity index is 1.23. The molecule has 2 saturated heterocycles. The Morgan fingerprint density at radius 3 is 2.86 bits per heavy atom. The molecular weight excluding hydrogens is 464 g/mol. The molecule has 6 heteroatoms. The van der Waals surface area contributed by atoms with Crippen LogP contribution in [-0.2, 0) is 14.3 Å². The maximum absolute atomic E-state index is 12.4. The van der Waals surface area contributed by atoms with E-state index in [1.807, 2.05) is 24.3 Å². The Labute approximate surface area is 223 Å². The largest absolute Gasteiger partial charge is 0.480 e. The Morgan fingerprint density at radius 2 is 2.11 bits per heavy atom. The molecule has 1 aromatic carbocycles. The van der Waals surface area contributed by atoms with Crippen molar-refractivity contribution in [1.29, 1.82) is 0 Å². The maximum Gasteiger partial charge on any atom is 0.325 e. The summed E-state index contributed by atoms with van der Waals surface area (Å²) in [5, 5.41) is 13.6. The van der Waals surface area contributed by atoms with Gasteiger partial charge >= 0.3 is 5.97 Å². The van der Waals surface area contributed by atoms with Gasteiger partial charge in [-0.05, 0) is 74.0 Å². The van der Waals surface area contributed by atoms with Crippen molar-refractivity contribution in [3.8, 4) is 0 Å². The van der Waals surface area contributed by atoms with Crippen molar-refractivity contribution in [2.24, 2.45) is 5.41 Å². The molecule has 3 aliphatic heterocycles. The minimum atomic E-state index is -0.795. The number of carboxylic acid groups (broad SMARTS) is 1. The molecule has 0 radical (unpaired) electrons. The van der Waals surface area contributed by atoms with Gasteiger partial charge in [-0.25, -0.2) is 0 Å². The minimum absolute atomic E-state index is 0.00637. The summed E-state index contributed by atoms with van der Waals surface area (Å²) in [5.41, 5.74) is 4.82. The van der Waals surface area contributed by atoms with Crippen molar-refractivity contribution in [2.75, 3.05) is 32.8 Å². The van der Waals surface area contributed by atoms with Gasteiger partial charge in [0.15, 0.2) is 0 Å². The van der Waals surface area contributed by atoms with Gasteiger partial charge in [-0.3, -0.25) is 9.69 Å². The van der Waals surface area contributed by atoms with Gasteiger partial charge in [-0.1, -0.05) is 56.7 Å². The molecular formula is C31H46N2O4. The Hall–Kier alpha value is -2.15. The van der Waals surface area contributed by atoms with Crippen molar-refractivity contribution in [1.82, 2.24) is 10.2 Å². The molecule has 4 rings (SSSR count). The van der Waals surface area contributed by atoms with Crippen molar-refractivity contribution in [3.63, 3.8) is 0 Å². The van der Waals surface area contributed by atoms with E-state index in [2.05, 4.69) is 43.1 Å². The number of carboxylic acids is 1. The molecule has 0 aliphatic carbocycles. The van der Waals surface area contributed by atoms with Crippen molar-refractivity contribution < 1.29 is 19.4 Å². The van der Waals surface area contributed by atoms with E-state index in [-0.39, 0.29) is 17.6 Å². The van der Waals surface area contributed by atoms with Crippen LogP contribution in [0.5, 0.6) is 0 Å². The summed E-state index contributed by atoms with van der Waals surface area (Å²) < 4.78 is 12.1. The first-order valence-electron chi connectivity index (χ1n) is 14.3. The van der Waals surface area contributed by atoms with Crippen molar-refractivity contribution in [2.45, 2.75) is 90.4 Å². The molecule has 3 aliphatic rings. The van der Waals surface area contributed by atoms with Crippen LogP contribution in [-0.4, -0.2) is 54.9 Å². The number of benzene rings is 1. The smallest absolute Gasteiger partial charge is 0.325 e. The molecule has 6 nitrogen and oxygen atoms in total. The first-order valence-corrected chi connectivity index (χ1v) is 14.3. The molecule has 2 N–H and O–H groups in total. The van der Waals surface area contributed by atoms with Gasteiger partial charge in [0.25, 0.3) is 0 Å². The average molecular weight is 511 g/mol. The molecule has 2 fully saturated rings. The van der Waals surface area contributed by atoms with E-state index in [1.54, 1.807) is 0 Å². The molecule has 3 unspecified atom stereocenters. The molecule has 3 atom stereocenters. The normalized spacial score (nSPS) is 24.1. The van der Waals surface area contributed by atoms with Crippen LogP contribution >= 0.6 is 0 Å². The molecule has 0 bridgehead atoms. The lowest BCUT2D eigenvalue weighted by atomic mass is 9.86. The Kier molecular flexibility index (Phi) is 9.85. The number of carbonyl (C=O) groups is 1. The summed E-state index contributed by atoms with van der Waals surface area (Å²) in [6.45, 7) is 10.8. The lowest BCUT2D eigenvalue weighted by Crippen LogP contribution is -2.34. The molecule has 3 heterocycles. The number of allylic oxidation sites excluding steroid dienone is 4. The van der Waals surface area contributed by atoms with Gasteiger partial charge < -0.3 is 19.9 Å². The third-order valence-corrected chi connectivity index (χ3v) is 8.14. The van der Waals surface area contributed by atoms with Crippen LogP contribution in [0.3, 0.4) is 0 Å². The Morgan fingerprint density at radius 1 is 1.27 bits per heavy atom. The standard InChI is InChI=1S/C31H46N2O4/c1-23-24(10-8-18-32-23)14-17-31(2,3)16-6-7-20-36-25-15-19-33(22-25)29(30(34)35)27-12-5-4-11-26(27)28-13-9-21-37-28/h4-5,11-12,14,17,25,28-29,32H,6-10,13,15-16,18-22H2,1-3H3,(H,34,35)/b17-14-. The Bertz CT molecular complexity index is 964. The highest BCUT2D eigenvalue weighted by Crippen LogP contribution is 2.36. The number of unbranched alkanes of at least 4 members (excludes halogenated alkanes) is 1. The van der Waals surface area contributed by atoms with E-state index < -0.39 is 12.0 Å². The topological polar surface area (TPSA) is 71.0 Å². The molecule has 0 spiro atoms. The zero-order chi connectivity index (χ0) is 26.3. The SMILES string of the molecule is CC1=C(/C=C\C(C)(C)CCCCOC2CCN(C(C(=O)O)c3ccccc3C3CCCO3)C2)CCCN1. The van der Waals surface area contributed by atoms with Gasteiger partial charge in [0.05, 0.1) is 12.2 Å².